The minimum Gasteiger partial charge on any atom is -0.486 e. The van der Waals surface area contributed by atoms with Crippen molar-refractivity contribution < 1.29 is 37.9 Å². The average molecular weight is 777 g/mol. The molecule has 6 aliphatic rings. The topological polar surface area (TPSA) is 138 Å². The minimum atomic E-state index is -0.680. The van der Waals surface area contributed by atoms with Gasteiger partial charge < -0.3 is 33.3 Å². The molecular formula is C41H61BN6O8. The van der Waals surface area contributed by atoms with Crippen molar-refractivity contribution in [3.05, 3.63) is 40.7 Å². The highest BCUT2D eigenvalue weighted by molar-refractivity contribution is 6.45. The van der Waals surface area contributed by atoms with Crippen LogP contribution in [0.5, 0.6) is 5.75 Å². The highest BCUT2D eigenvalue weighted by Crippen LogP contribution is 2.65. The summed E-state index contributed by atoms with van der Waals surface area (Å²) in [5, 5.41) is 8.48. The fourth-order valence-corrected chi connectivity index (χ4v) is 9.30. The molecule has 3 aliphatic carbocycles. The summed E-state index contributed by atoms with van der Waals surface area (Å²) in [6, 6.07) is 3.88. The second-order valence-electron chi connectivity index (χ2n) is 19.4. The number of hydrogen-bond donors (Lipinski definition) is 0. The van der Waals surface area contributed by atoms with Gasteiger partial charge in [0.25, 0.3) is 0 Å². The number of likely N-dealkylation sites (tertiary alicyclic amines) is 1. The highest BCUT2D eigenvalue weighted by Gasteiger charge is 2.67. The number of aromatic nitrogens is 3. The Morgan fingerprint density at radius 3 is 2.30 bits per heavy atom. The van der Waals surface area contributed by atoms with Crippen molar-refractivity contribution in [3.63, 3.8) is 0 Å². The summed E-state index contributed by atoms with van der Waals surface area (Å²) in [6.07, 6.45) is 5.01. The van der Waals surface area contributed by atoms with Gasteiger partial charge in [0, 0.05) is 32.7 Å². The average Bonchev–Trinajstić information content (AvgIpc) is 3.66. The van der Waals surface area contributed by atoms with E-state index in [4.69, 9.17) is 23.5 Å². The molecule has 1 aromatic carbocycles. The zero-order valence-corrected chi connectivity index (χ0v) is 35.1. The Morgan fingerprint density at radius 1 is 0.946 bits per heavy atom. The van der Waals surface area contributed by atoms with Gasteiger partial charge in [-0.15, -0.1) is 5.10 Å². The van der Waals surface area contributed by atoms with Gasteiger partial charge in [0.05, 0.1) is 36.7 Å². The molecule has 1 aromatic heterocycles. The van der Waals surface area contributed by atoms with Crippen LogP contribution in [0.15, 0.2) is 18.3 Å². The molecule has 8 rings (SSSR count). The van der Waals surface area contributed by atoms with Crippen LogP contribution >= 0.6 is 0 Å². The number of esters is 1. The van der Waals surface area contributed by atoms with E-state index in [0.29, 0.717) is 81.7 Å². The molecule has 2 bridgehead atoms. The van der Waals surface area contributed by atoms with Crippen molar-refractivity contribution in [1.82, 2.24) is 29.7 Å². The third-order valence-corrected chi connectivity index (χ3v) is 12.6. The first-order chi connectivity index (χ1) is 26.2. The maximum Gasteiger partial charge on any atom is 0.457 e. The molecular weight excluding hydrogens is 715 g/mol. The van der Waals surface area contributed by atoms with Crippen LogP contribution in [0.4, 0.5) is 4.79 Å². The van der Waals surface area contributed by atoms with E-state index in [-0.39, 0.29) is 48.9 Å². The molecule has 306 valence electrons. The number of aryl methyl sites for hydroxylation is 1. The summed E-state index contributed by atoms with van der Waals surface area (Å²) in [7, 11) is -0.281. The van der Waals surface area contributed by atoms with Gasteiger partial charge in [0.2, 0.25) is 5.91 Å². The molecule has 2 amide bonds. The first kappa shape index (κ1) is 40.5. The number of piperazine rings is 1. The van der Waals surface area contributed by atoms with Crippen LogP contribution in [0.2, 0.25) is 6.32 Å². The monoisotopic (exact) mass is 776 g/mol. The molecule has 2 aromatic rings. The summed E-state index contributed by atoms with van der Waals surface area (Å²) in [4.78, 5) is 44.9. The van der Waals surface area contributed by atoms with Crippen molar-refractivity contribution in [2.24, 2.45) is 17.3 Å². The van der Waals surface area contributed by atoms with E-state index in [1.54, 1.807) is 20.7 Å². The number of carbonyl (C=O) groups is 3. The van der Waals surface area contributed by atoms with E-state index in [9.17, 15) is 14.4 Å². The molecule has 3 saturated heterocycles. The van der Waals surface area contributed by atoms with Crippen LogP contribution in [0.1, 0.15) is 102 Å². The molecule has 4 atom stereocenters. The van der Waals surface area contributed by atoms with Gasteiger partial charge in [-0.3, -0.25) is 9.69 Å². The van der Waals surface area contributed by atoms with Crippen molar-refractivity contribution in [1.29, 1.82) is 0 Å². The van der Waals surface area contributed by atoms with Crippen LogP contribution in [-0.4, -0.2) is 123 Å². The molecule has 56 heavy (non-hydrogen) atoms. The number of nitrogens with zero attached hydrogens (tertiary/aromatic N) is 6. The van der Waals surface area contributed by atoms with E-state index < -0.39 is 17.2 Å². The Hall–Kier alpha value is -3.69. The largest absolute Gasteiger partial charge is 0.486 e. The number of benzene rings is 1. The fourth-order valence-electron chi connectivity index (χ4n) is 9.30. The van der Waals surface area contributed by atoms with Gasteiger partial charge in [-0.25, -0.2) is 14.3 Å². The van der Waals surface area contributed by atoms with E-state index in [1.165, 1.54) is 6.42 Å². The standard InChI is InChI=1S/C41H61BN6O8/c1-26-27(13-14-42-55-33-20-28-19-32(40(28,8)9)41(33,10)56-42)11-12-31(35(26)36(50)53-38(2,3)4)52-30-23-47(24-30)34(49)25-48-22-29(43-44-48)21-45-15-17-46(18-16-45)37(51)54-39(5,6)7/h11-12,22,28,30,32-33H,13-21,23-25H2,1-10H3/t28-,32-,33+,41-/m0/s1. The smallest absolute Gasteiger partial charge is 0.457 e. The van der Waals surface area contributed by atoms with Crippen LogP contribution in [0.25, 0.3) is 0 Å². The van der Waals surface area contributed by atoms with Crippen molar-refractivity contribution >= 4 is 25.1 Å². The van der Waals surface area contributed by atoms with E-state index >= 15 is 0 Å². The number of ether oxygens (including phenoxy) is 3. The first-order valence-electron chi connectivity index (χ1n) is 20.4. The molecule has 14 nitrogen and oxygen atoms in total. The Morgan fingerprint density at radius 2 is 1.64 bits per heavy atom. The van der Waals surface area contributed by atoms with E-state index in [1.807, 2.05) is 60.6 Å². The molecule has 3 aliphatic heterocycles. The highest BCUT2D eigenvalue weighted by atomic mass is 16.7. The molecule has 0 N–H and O–H groups in total. The minimum absolute atomic E-state index is 0.0659. The van der Waals surface area contributed by atoms with Gasteiger partial charge in [0.1, 0.15) is 35.2 Å². The van der Waals surface area contributed by atoms with Crippen LogP contribution < -0.4 is 4.74 Å². The summed E-state index contributed by atoms with van der Waals surface area (Å²) < 4.78 is 32.5. The first-order valence-corrected chi connectivity index (χ1v) is 20.4. The Labute approximate surface area is 332 Å². The normalized spacial score (nSPS) is 26.3. The maximum absolute atomic E-state index is 13.7. The van der Waals surface area contributed by atoms with E-state index in [2.05, 4.69) is 36.0 Å². The molecule has 15 heteroatoms. The number of rotatable bonds is 10. The van der Waals surface area contributed by atoms with Gasteiger partial charge in [0.15, 0.2) is 0 Å². The van der Waals surface area contributed by atoms with Crippen molar-refractivity contribution in [2.45, 2.75) is 137 Å². The molecule has 6 fully saturated rings. The van der Waals surface area contributed by atoms with Gasteiger partial charge in [-0.05, 0) is 115 Å². The van der Waals surface area contributed by atoms with Gasteiger partial charge >= 0.3 is 19.2 Å². The van der Waals surface area contributed by atoms with E-state index in [0.717, 1.165) is 23.2 Å². The summed E-state index contributed by atoms with van der Waals surface area (Å²) in [5.41, 5.74) is 1.85. The van der Waals surface area contributed by atoms with Crippen LogP contribution in [0.3, 0.4) is 0 Å². The summed E-state index contributed by atoms with van der Waals surface area (Å²) in [5.74, 6) is 1.14. The second-order valence-corrected chi connectivity index (χ2v) is 19.4. The van der Waals surface area contributed by atoms with Crippen molar-refractivity contribution in [2.75, 3.05) is 39.3 Å². The lowest BCUT2D eigenvalue weighted by Gasteiger charge is -2.64. The number of amides is 2. The number of hydrogen-bond acceptors (Lipinski definition) is 11. The summed E-state index contributed by atoms with van der Waals surface area (Å²) in [6.45, 7) is 24.1. The summed E-state index contributed by atoms with van der Waals surface area (Å²) >= 11 is 0. The second kappa shape index (κ2) is 14.9. The quantitative estimate of drug-likeness (QED) is 0.234. The van der Waals surface area contributed by atoms with Gasteiger partial charge in [-0.2, -0.15) is 0 Å². The number of carbonyl (C=O) groups excluding carboxylic acids is 3. The van der Waals surface area contributed by atoms with Gasteiger partial charge in [-0.1, -0.05) is 25.1 Å². The molecule has 3 saturated carbocycles. The Kier molecular flexibility index (Phi) is 10.8. The van der Waals surface area contributed by atoms with Crippen LogP contribution in [0, 0.1) is 24.2 Å². The van der Waals surface area contributed by atoms with Crippen LogP contribution in [-0.2, 0) is 43.1 Å². The molecule has 4 heterocycles. The predicted molar refractivity (Wildman–Crippen MR) is 209 cm³/mol. The lowest BCUT2D eigenvalue weighted by molar-refractivity contribution is -0.199. The molecule has 0 unspecified atom stereocenters. The SMILES string of the molecule is Cc1c(CCB2O[C@@H]3C[C@@H]4C[C@@H](C4(C)C)[C@]3(C)O2)ccc(OC2CN(C(=O)Cn3cc(CN4CCN(C(=O)OC(C)(C)C)CC4)nn3)C2)c1C(=O)OC(C)(C)C. The third kappa shape index (κ3) is 8.45. The lowest BCUT2D eigenvalue weighted by atomic mass is 9.43. The maximum atomic E-state index is 13.7. The third-order valence-electron chi connectivity index (χ3n) is 12.6. The zero-order valence-electron chi connectivity index (χ0n) is 35.1. The zero-order chi connectivity index (χ0) is 40.4. The molecule has 0 spiro atoms. The fraction of sp³-hybridized carbons (Fsp3) is 0.732. The Bertz CT molecular complexity index is 1810. The van der Waals surface area contributed by atoms with Crippen molar-refractivity contribution in [3.8, 4) is 5.75 Å². The predicted octanol–water partition coefficient (Wildman–Crippen LogP) is 5.16. The molecule has 0 radical (unpaired) electrons. The Balaban J connectivity index is 0.910. The lowest BCUT2D eigenvalue weighted by Crippen LogP contribution is -2.65.